The number of ether oxygens (including phenoxy) is 1. The predicted molar refractivity (Wildman–Crippen MR) is 86.0 cm³/mol. The number of amides is 1. The zero-order chi connectivity index (χ0) is 15.0. The highest BCUT2D eigenvalue weighted by atomic mass is 35.5. The summed E-state index contributed by atoms with van der Waals surface area (Å²) in [6, 6.07) is 6.61. The van der Waals surface area contributed by atoms with Gasteiger partial charge in [-0.1, -0.05) is 0 Å². The molecule has 0 aliphatic heterocycles. The molecule has 0 unspecified atom stereocenters. The average molecular weight is 357 g/mol. The molecule has 120 valence electrons. The Bertz CT molecular complexity index is 535. The normalized spacial score (nSPS) is 10.5. The molecular formula is C12H18Cl2N2O4S. The van der Waals surface area contributed by atoms with Gasteiger partial charge in [0, 0.05) is 18.1 Å². The number of nitrogens with two attached hydrogens (primary N) is 1. The molecule has 3 N–H and O–H groups in total. The van der Waals surface area contributed by atoms with Gasteiger partial charge in [-0.25, -0.2) is 8.42 Å². The van der Waals surface area contributed by atoms with Crippen LogP contribution in [0.15, 0.2) is 24.3 Å². The van der Waals surface area contributed by atoms with E-state index in [2.05, 4.69) is 5.32 Å². The molecule has 0 radical (unpaired) electrons. The number of alkyl halides is 1. The maximum absolute atomic E-state index is 11.4. The molecule has 6 nitrogen and oxygen atoms in total. The summed E-state index contributed by atoms with van der Waals surface area (Å²) < 4.78 is 27.9. The van der Waals surface area contributed by atoms with E-state index in [9.17, 15) is 13.2 Å². The van der Waals surface area contributed by atoms with Crippen molar-refractivity contribution >= 4 is 45.4 Å². The molecule has 1 rings (SSSR count). The molecule has 0 heterocycles. The van der Waals surface area contributed by atoms with Gasteiger partial charge in [-0.05, 0) is 24.3 Å². The first-order chi connectivity index (χ1) is 9.43. The van der Waals surface area contributed by atoms with Crippen LogP contribution in [0.2, 0.25) is 0 Å². The Balaban J connectivity index is 0.00000400. The minimum absolute atomic E-state index is 0. The highest BCUT2D eigenvalue weighted by molar-refractivity contribution is 7.91. The molecule has 1 amide bonds. The van der Waals surface area contributed by atoms with Crippen LogP contribution >= 0.6 is 24.0 Å². The van der Waals surface area contributed by atoms with Crippen LogP contribution in [0.5, 0.6) is 5.75 Å². The topological polar surface area (TPSA) is 98.5 Å². The number of carbonyl (C=O) groups excluding carboxylic acids is 1. The highest BCUT2D eigenvalue weighted by Gasteiger charge is 2.10. The fourth-order valence-corrected chi connectivity index (χ4v) is 2.89. The lowest BCUT2D eigenvalue weighted by Gasteiger charge is -2.07. The van der Waals surface area contributed by atoms with Crippen LogP contribution in [-0.2, 0) is 14.6 Å². The minimum Gasteiger partial charge on any atom is -0.484 e. The largest absolute Gasteiger partial charge is 0.484 e. The van der Waals surface area contributed by atoms with Crippen LogP contribution in [0.25, 0.3) is 0 Å². The van der Waals surface area contributed by atoms with E-state index in [1.54, 1.807) is 24.3 Å². The van der Waals surface area contributed by atoms with Crippen molar-refractivity contribution in [1.82, 2.24) is 5.32 Å². The van der Waals surface area contributed by atoms with Crippen molar-refractivity contribution in [2.45, 2.75) is 0 Å². The number of benzene rings is 1. The van der Waals surface area contributed by atoms with Gasteiger partial charge in [0.15, 0.2) is 16.4 Å². The van der Waals surface area contributed by atoms with Crippen LogP contribution < -0.4 is 15.8 Å². The predicted octanol–water partition coefficient (Wildman–Crippen LogP) is 0.839. The number of carbonyl (C=O) groups is 1. The van der Waals surface area contributed by atoms with Crippen molar-refractivity contribution in [3.63, 3.8) is 0 Å². The third-order valence-corrected chi connectivity index (χ3v) is 4.44. The smallest absolute Gasteiger partial charge is 0.257 e. The molecule has 0 aromatic heterocycles. The summed E-state index contributed by atoms with van der Waals surface area (Å²) in [5, 5.41) is 2.47. The number of nitrogen functional groups attached to an aromatic ring is 1. The van der Waals surface area contributed by atoms with Crippen LogP contribution in [0.4, 0.5) is 5.69 Å². The maximum Gasteiger partial charge on any atom is 0.257 e. The summed E-state index contributed by atoms with van der Waals surface area (Å²) in [6.45, 7) is -0.136. The van der Waals surface area contributed by atoms with Crippen molar-refractivity contribution in [3.8, 4) is 5.75 Å². The van der Waals surface area contributed by atoms with E-state index in [0.29, 0.717) is 11.4 Å². The lowest BCUT2D eigenvalue weighted by molar-refractivity contribution is -0.122. The van der Waals surface area contributed by atoms with Crippen LogP contribution in [0, 0.1) is 0 Å². The van der Waals surface area contributed by atoms with Crippen molar-refractivity contribution in [1.29, 1.82) is 0 Å². The fraction of sp³-hybridized carbons (Fsp3) is 0.417. The minimum atomic E-state index is -3.20. The van der Waals surface area contributed by atoms with Gasteiger partial charge in [0.05, 0.1) is 11.5 Å². The Kier molecular flexibility index (Phi) is 9.16. The average Bonchev–Trinajstić information content (AvgIpc) is 2.37. The Morgan fingerprint density at radius 3 is 2.43 bits per heavy atom. The van der Waals surface area contributed by atoms with Gasteiger partial charge in [-0.15, -0.1) is 24.0 Å². The van der Waals surface area contributed by atoms with E-state index in [1.165, 1.54) is 0 Å². The summed E-state index contributed by atoms with van der Waals surface area (Å²) in [6.07, 6.45) is 0. The molecule has 0 spiro atoms. The number of sulfone groups is 1. The van der Waals surface area contributed by atoms with Gasteiger partial charge >= 0.3 is 0 Å². The van der Waals surface area contributed by atoms with Crippen molar-refractivity contribution < 1.29 is 17.9 Å². The second-order valence-electron chi connectivity index (χ2n) is 4.05. The molecule has 21 heavy (non-hydrogen) atoms. The van der Waals surface area contributed by atoms with Gasteiger partial charge in [0.25, 0.3) is 5.91 Å². The monoisotopic (exact) mass is 356 g/mol. The summed E-state index contributed by atoms with van der Waals surface area (Å²) >= 11 is 5.36. The van der Waals surface area contributed by atoms with E-state index >= 15 is 0 Å². The van der Waals surface area contributed by atoms with E-state index < -0.39 is 9.84 Å². The zero-order valence-corrected chi connectivity index (χ0v) is 13.6. The van der Waals surface area contributed by atoms with Gasteiger partial charge < -0.3 is 15.8 Å². The molecule has 0 saturated carbocycles. The first-order valence-electron chi connectivity index (χ1n) is 5.94. The molecule has 0 fully saturated rings. The zero-order valence-electron chi connectivity index (χ0n) is 11.2. The first-order valence-corrected chi connectivity index (χ1v) is 8.30. The Morgan fingerprint density at radius 2 is 1.86 bits per heavy atom. The Morgan fingerprint density at radius 1 is 1.24 bits per heavy atom. The number of hydrogen-bond donors (Lipinski definition) is 2. The third kappa shape index (κ3) is 8.64. The summed E-state index contributed by atoms with van der Waals surface area (Å²) in [4.78, 5) is 11.4. The fourth-order valence-electron chi connectivity index (χ4n) is 1.33. The SMILES string of the molecule is Cl.Nc1ccc(OCC(=O)NCCS(=O)(=O)CCCl)cc1. The molecule has 0 aliphatic carbocycles. The van der Waals surface area contributed by atoms with Crippen LogP contribution in [0.3, 0.4) is 0 Å². The highest BCUT2D eigenvalue weighted by Crippen LogP contribution is 2.12. The lowest BCUT2D eigenvalue weighted by Crippen LogP contribution is -2.33. The summed E-state index contributed by atoms with van der Waals surface area (Å²) in [7, 11) is -3.20. The van der Waals surface area contributed by atoms with Crippen LogP contribution in [0.1, 0.15) is 0 Å². The third-order valence-electron chi connectivity index (χ3n) is 2.37. The number of hydrogen-bond acceptors (Lipinski definition) is 5. The lowest BCUT2D eigenvalue weighted by atomic mass is 10.3. The molecule has 1 aromatic rings. The summed E-state index contributed by atoms with van der Waals surface area (Å²) in [5.74, 6) is -0.0389. The Labute approximate surface area is 135 Å². The number of halogens is 2. The number of rotatable bonds is 8. The second kappa shape index (κ2) is 9.70. The van der Waals surface area contributed by atoms with Gasteiger partial charge in [-0.3, -0.25) is 4.79 Å². The molecule has 0 aliphatic rings. The van der Waals surface area contributed by atoms with Crippen molar-refractivity contribution in [2.75, 3.05) is 36.3 Å². The first kappa shape index (κ1) is 19.8. The maximum atomic E-state index is 11.4. The van der Waals surface area contributed by atoms with Crippen molar-refractivity contribution in [3.05, 3.63) is 24.3 Å². The standard InChI is InChI=1S/C12H17ClN2O4S.ClH/c13-5-7-20(17,18)8-6-15-12(16)9-19-11-3-1-10(14)2-4-11;/h1-4H,5-9,14H2,(H,15,16);1H. The quantitative estimate of drug-likeness (QED) is 0.531. The Hall–Kier alpha value is -1.18. The molecule has 0 atom stereocenters. The van der Waals surface area contributed by atoms with Crippen molar-refractivity contribution in [2.24, 2.45) is 0 Å². The molecule has 1 aromatic carbocycles. The van der Waals surface area contributed by atoms with E-state index in [-0.39, 0.29) is 48.9 Å². The number of anilines is 1. The molecule has 0 bridgehead atoms. The molecular weight excluding hydrogens is 339 g/mol. The van der Waals surface area contributed by atoms with Gasteiger partial charge in [0.1, 0.15) is 5.75 Å². The van der Waals surface area contributed by atoms with E-state index in [1.807, 2.05) is 0 Å². The van der Waals surface area contributed by atoms with Gasteiger partial charge in [0.2, 0.25) is 0 Å². The summed E-state index contributed by atoms with van der Waals surface area (Å²) in [5.41, 5.74) is 6.12. The molecule has 0 saturated heterocycles. The molecule has 9 heteroatoms. The second-order valence-corrected chi connectivity index (χ2v) is 6.73. The van der Waals surface area contributed by atoms with Gasteiger partial charge in [-0.2, -0.15) is 0 Å². The van der Waals surface area contributed by atoms with Crippen LogP contribution in [-0.4, -0.2) is 44.9 Å². The van der Waals surface area contributed by atoms with E-state index in [4.69, 9.17) is 22.1 Å². The van der Waals surface area contributed by atoms with E-state index in [0.717, 1.165) is 0 Å². The number of nitrogens with one attached hydrogen (secondary N) is 1.